The van der Waals surface area contributed by atoms with Crippen molar-refractivity contribution < 1.29 is 0 Å². The van der Waals surface area contributed by atoms with Crippen LogP contribution in [0.25, 0.3) is 0 Å². The van der Waals surface area contributed by atoms with Crippen molar-refractivity contribution in [3.63, 3.8) is 0 Å². The van der Waals surface area contributed by atoms with Crippen molar-refractivity contribution in [3.8, 4) is 0 Å². The topological polar surface area (TPSA) is 41.6 Å². The summed E-state index contributed by atoms with van der Waals surface area (Å²) in [6, 6.07) is 4.20. The van der Waals surface area contributed by atoms with Crippen molar-refractivity contribution in [1.82, 2.24) is 15.2 Å². The van der Waals surface area contributed by atoms with Crippen LogP contribution in [0.1, 0.15) is 35.3 Å². The average molecular weight is 205 g/mol. The standard InChI is InChI=1S/C10H11N3S/c1-2-8(14-5-1)6-9-11-10(13-12-9)7-3-4-7/h1-2,5,7H,3-4,6H2,(H,11,12,13). The number of aromatic amines is 1. The van der Waals surface area contributed by atoms with Gasteiger partial charge in [0, 0.05) is 17.2 Å². The Morgan fingerprint density at radius 3 is 3.14 bits per heavy atom. The lowest BCUT2D eigenvalue weighted by Gasteiger charge is -1.89. The monoisotopic (exact) mass is 205 g/mol. The van der Waals surface area contributed by atoms with Crippen molar-refractivity contribution in [2.45, 2.75) is 25.2 Å². The minimum Gasteiger partial charge on any atom is -0.263 e. The second-order valence-corrected chi connectivity index (χ2v) is 4.70. The molecule has 0 saturated heterocycles. The van der Waals surface area contributed by atoms with E-state index in [1.54, 1.807) is 11.3 Å². The van der Waals surface area contributed by atoms with E-state index in [0.717, 1.165) is 18.1 Å². The van der Waals surface area contributed by atoms with Crippen LogP contribution in [0, 0.1) is 0 Å². The molecule has 0 aliphatic heterocycles. The SMILES string of the molecule is c1csc(Cc2nc(C3CC3)n[nH]2)c1. The molecule has 0 atom stereocenters. The van der Waals surface area contributed by atoms with Gasteiger partial charge in [-0.2, -0.15) is 5.10 Å². The van der Waals surface area contributed by atoms with Crippen LogP contribution in [0.5, 0.6) is 0 Å². The molecule has 0 unspecified atom stereocenters. The number of thiophene rings is 1. The number of hydrogen-bond acceptors (Lipinski definition) is 3. The fourth-order valence-corrected chi connectivity index (χ4v) is 2.20. The second-order valence-electron chi connectivity index (χ2n) is 3.67. The third-order valence-electron chi connectivity index (χ3n) is 2.41. The maximum absolute atomic E-state index is 4.49. The molecule has 1 N–H and O–H groups in total. The molecule has 3 rings (SSSR count). The highest BCUT2D eigenvalue weighted by molar-refractivity contribution is 7.09. The molecule has 3 nitrogen and oxygen atoms in total. The first-order valence-electron chi connectivity index (χ1n) is 4.85. The average Bonchev–Trinajstić information content (AvgIpc) is 2.75. The van der Waals surface area contributed by atoms with E-state index in [4.69, 9.17) is 0 Å². The zero-order chi connectivity index (χ0) is 9.38. The molecule has 1 saturated carbocycles. The Hall–Kier alpha value is -1.16. The summed E-state index contributed by atoms with van der Waals surface area (Å²) in [6.07, 6.45) is 3.41. The van der Waals surface area contributed by atoms with Gasteiger partial charge in [-0.15, -0.1) is 11.3 Å². The van der Waals surface area contributed by atoms with Crippen molar-refractivity contribution in [3.05, 3.63) is 34.0 Å². The summed E-state index contributed by atoms with van der Waals surface area (Å²) >= 11 is 1.76. The Morgan fingerprint density at radius 2 is 2.43 bits per heavy atom. The lowest BCUT2D eigenvalue weighted by atomic mass is 10.3. The summed E-state index contributed by atoms with van der Waals surface area (Å²) in [5.41, 5.74) is 0. The molecule has 14 heavy (non-hydrogen) atoms. The zero-order valence-corrected chi connectivity index (χ0v) is 8.55. The molecule has 0 spiro atoms. The molecule has 0 aromatic carbocycles. The van der Waals surface area contributed by atoms with Crippen molar-refractivity contribution >= 4 is 11.3 Å². The molecule has 0 amide bonds. The highest BCUT2D eigenvalue weighted by Gasteiger charge is 2.27. The van der Waals surface area contributed by atoms with E-state index in [2.05, 4.69) is 32.7 Å². The van der Waals surface area contributed by atoms with Crippen LogP contribution in [0.4, 0.5) is 0 Å². The van der Waals surface area contributed by atoms with Gasteiger partial charge in [-0.3, -0.25) is 5.10 Å². The highest BCUT2D eigenvalue weighted by Crippen LogP contribution is 2.37. The number of rotatable bonds is 3. The number of H-pyrrole nitrogens is 1. The number of nitrogens with one attached hydrogen (secondary N) is 1. The van der Waals surface area contributed by atoms with Crippen LogP contribution in [0.3, 0.4) is 0 Å². The first-order valence-corrected chi connectivity index (χ1v) is 5.73. The zero-order valence-electron chi connectivity index (χ0n) is 7.73. The lowest BCUT2D eigenvalue weighted by molar-refractivity contribution is 0.933. The highest BCUT2D eigenvalue weighted by atomic mass is 32.1. The predicted octanol–water partition coefficient (Wildman–Crippen LogP) is 2.33. The normalized spacial score (nSPS) is 16.0. The Bertz CT molecular complexity index is 414. The molecule has 72 valence electrons. The van der Waals surface area contributed by atoms with Gasteiger partial charge in [0.25, 0.3) is 0 Å². The van der Waals surface area contributed by atoms with E-state index in [1.165, 1.54) is 17.7 Å². The molecule has 2 aromatic rings. The maximum atomic E-state index is 4.49. The Morgan fingerprint density at radius 1 is 1.50 bits per heavy atom. The van der Waals surface area contributed by atoms with E-state index in [1.807, 2.05) is 0 Å². The second kappa shape index (κ2) is 3.20. The van der Waals surface area contributed by atoms with Crippen molar-refractivity contribution in [2.75, 3.05) is 0 Å². The Labute approximate surface area is 86.2 Å². The van der Waals surface area contributed by atoms with Crippen molar-refractivity contribution in [1.29, 1.82) is 0 Å². The first-order chi connectivity index (χ1) is 6.92. The van der Waals surface area contributed by atoms with Crippen LogP contribution in [0.2, 0.25) is 0 Å². The predicted molar refractivity (Wildman–Crippen MR) is 55.5 cm³/mol. The van der Waals surface area contributed by atoms with E-state index >= 15 is 0 Å². The van der Waals surface area contributed by atoms with Gasteiger partial charge in [0.2, 0.25) is 0 Å². The Balaban J connectivity index is 1.76. The van der Waals surface area contributed by atoms with Crippen LogP contribution in [0.15, 0.2) is 17.5 Å². The van der Waals surface area contributed by atoms with E-state index in [0.29, 0.717) is 5.92 Å². The van der Waals surface area contributed by atoms with Gasteiger partial charge < -0.3 is 0 Å². The molecular formula is C10H11N3S. The van der Waals surface area contributed by atoms with Gasteiger partial charge in [-0.25, -0.2) is 4.98 Å². The number of nitrogens with zero attached hydrogens (tertiary/aromatic N) is 2. The van der Waals surface area contributed by atoms with Gasteiger partial charge >= 0.3 is 0 Å². The van der Waals surface area contributed by atoms with Gasteiger partial charge in [0.1, 0.15) is 5.82 Å². The summed E-state index contributed by atoms with van der Waals surface area (Å²) in [6.45, 7) is 0. The Kier molecular flexibility index (Phi) is 1.87. The van der Waals surface area contributed by atoms with Crippen LogP contribution >= 0.6 is 11.3 Å². The molecule has 0 bridgehead atoms. The summed E-state index contributed by atoms with van der Waals surface area (Å²) in [7, 11) is 0. The quantitative estimate of drug-likeness (QED) is 0.835. The third-order valence-corrected chi connectivity index (χ3v) is 3.29. The van der Waals surface area contributed by atoms with Gasteiger partial charge in [0.15, 0.2) is 5.82 Å². The largest absolute Gasteiger partial charge is 0.263 e. The minimum absolute atomic E-state index is 0.642. The fraction of sp³-hybridized carbons (Fsp3) is 0.400. The van der Waals surface area contributed by atoms with E-state index < -0.39 is 0 Å². The van der Waals surface area contributed by atoms with Crippen LogP contribution < -0.4 is 0 Å². The molecule has 4 heteroatoms. The summed E-state index contributed by atoms with van der Waals surface area (Å²) in [5, 5.41) is 9.33. The van der Waals surface area contributed by atoms with Crippen LogP contribution in [-0.4, -0.2) is 15.2 Å². The molecule has 1 fully saturated rings. The van der Waals surface area contributed by atoms with Crippen molar-refractivity contribution in [2.24, 2.45) is 0 Å². The van der Waals surface area contributed by atoms with Gasteiger partial charge in [-0.05, 0) is 24.3 Å². The van der Waals surface area contributed by atoms with E-state index in [9.17, 15) is 0 Å². The molecule has 2 aromatic heterocycles. The lowest BCUT2D eigenvalue weighted by Crippen LogP contribution is -1.87. The van der Waals surface area contributed by atoms with Gasteiger partial charge in [-0.1, -0.05) is 6.07 Å². The van der Waals surface area contributed by atoms with E-state index in [-0.39, 0.29) is 0 Å². The molecular weight excluding hydrogens is 194 g/mol. The maximum Gasteiger partial charge on any atom is 0.153 e. The molecule has 1 aliphatic rings. The van der Waals surface area contributed by atoms with Crippen LogP contribution in [-0.2, 0) is 6.42 Å². The summed E-state index contributed by atoms with van der Waals surface area (Å²) < 4.78 is 0. The number of aromatic nitrogens is 3. The summed E-state index contributed by atoms with van der Waals surface area (Å²) in [5.74, 6) is 2.65. The molecule has 0 radical (unpaired) electrons. The molecule has 2 heterocycles. The summed E-state index contributed by atoms with van der Waals surface area (Å²) in [4.78, 5) is 5.82. The fourth-order valence-electron chi connectivity index (χ4n) is 1.49. The third kappa shape index (κ3) is 1.57. The smallest absolute Gasteiger partial charge is 0.153 e. The molecule has 1 aliphatic carbocycles. The minimum atomic E-state index is 0.642. The number of hydrogen-bond donors (Lipinski definition) is 1. The van der Waals surface area contributed by atoms with Gasteiger partial charge in [0.05, 0.1) is 0 Å². The first kappa shape index (κ1) is 8.17.